The van der Waals surface area contributed by atoms with Gasteiger partial charge in [-0.3, -0.25) is 9.59 Å². The number of rotatable bonds is 3. The average Bonchev–Trinajstić information content (AvgIpc) is 2.89. The summed E-state index contributed by atoms with van der Waals surface area (Å²) in [4.78, 5) is 24.4. The Morgan fingerprint density at radius 2 is 2.00 bits per heavy atom. The number of ketones is 1. The Kier molecular flexibility index (Phi) is 3.95. The van der Waals surface area contributed by atoms with Gasteiger partial charge >= 0.3 is 0 Å². The van der Waals surface area contributed by atoms with Crippen molar-refractivity contribution < 1.29 is 9.59 Å². The molecule has 0 radical (unpaired) electrons. The van der Waals surface area contributed by atoms with Gasteiger partial charge in [0.2, 0.25) is 5.91 Å². The summed E-state index contributed by atoms with van der Waals surface area (Å²) < 4.78 is 0. The van der Waals surface area contributed by atoms with E-state index in [1.54, 1.807) is 6.07 Å². The molecule has 108 valence electrons. The third-order valence-corrected chi connectivity index (χ3v) is 3.77. The van der Waals surface area contributed by atoms with Crippen LogP contribution >= 0.6 is 0 Å². The molecule has 20 heavy (non-hydrogen) atoms. The van der Waals surface area contributed by atoms with E-state index in [0.29, 0.717) is 11.1 Å². The molecule has 4 nitrogen and oxygen atoms in total. The molecule has 1 aromatic rings. The lowest BCUT2D eigenvalue weighted by molar-refractivity contribution is 0.0849. The molecule has 0 aromatic heterocycles. The molecule has 0 spiro atoms. The maximum Gasteiger partial charge on any atom is 0.249 e. The van der Waals surface area contributed by atoms with E-state index >= 15 is 0 Å². The lowest BCUT2D eigenvalue weighted by atomic mass is 9.79. The molecule has 0 aliphatic carbocycles. The molecule has 1 aliphatic rings. The second-order valence-electron chi connectivity index (χ2n) is 6.40. The summed E-state index contributed by atoms with van der Waals surface area (Å²) in [5.74, 6) is -0.283. The molecular formula is C16H22N2O2. The number of hydrogen-bond acceptors (Lipinski definition) is 3. The Morgan fingerprint density at radius 3 is 2.50 bits per heavy atom. The van der Waals surface area contributed by atoms with Crippen molar-refractivity contribution in [3.05, 3.63) is 34.9 Å². The Labute approximate surface area is 119 Å². The maximum atomic E-state index is 12.7. The molecular weight excluding hydrogens is 252 g/mol. The van der Waals surface area contributed by atoms with Crippen LogP contribution in [0.4, 0.5) is 0 Å². The first kappa shape index (κ1) is 14.7. The minimum atomic E-state index is -0.537. The van der Waals surface area contributed by atoms with Gasteiger partial charge in [0.05, 0.1) is 5.56 Å². The standard InChI is InChI=1S/C16H22N2O2/c1-16(2,3)14(19)13-11(10-7-8-18-9-10)5-4-6-12(13)15(17)20/h4-6,10,18H,7-9H2,1-3H3,(H2,17,20). The summed E-state index contributed by atoms with van der Waals surface area (Å²) in [6.07, 6.45) is 0.979. The number of benzene rings is 1. The summed E-state index contributed by atoms with van der Waals surface area (Å²) >= 11 is 0. The molecule has 1 aromatic carbocycles. The van der Waals surface area contributed by atoms with Crippen molar-refractivity contribution in [1.29, 1.82) is 0 Å². The third-order valence-electron chi connectivity index (χ3n) is 3.77. The second kappa shape index (κ2) is 5.37. The van der Waals surface area contributed by atoms with Crippen molar-refractivity contribution in [2.75, 3.05) is 13.1 Å². The van der Waals surface area contributed by atoms with E-state index in [0.717, 1.165) is 25.1 Å². The van der Waals surface area contributed by atoms with Crippen LogP contribution in [0.2, 0.25) is 0 Å². The van der Waals surface area contributed by atoms with Gasteiger partial charge in [0.25, 0.3) is 0 Å². The van der Waals surface area contributed by atoms with Gasteiger partial charge in [-0.2, -0.15) is 0 Å². The van der Waals surface area contributed by atoms with Gasteiger partial charge in [-0.05, 0) is 30.5 Å². The van der Waals surface area contributed by atoms with Crippen LogP contribution < -0.4 is 11.1 Å². The van der Waals surface area contributed by atoms with E-state index < -0.39 is 11.3 Å². The molecule has 1 atom stereocenters. The highest BCUT2D eigenvalue weighted by Crippen LogP contribution is 2.32. The fourth-order valence-corrected chi connectivity index (χ4v) is 2.66. The lowest BCUT2D eigenvalue weighted by Crippen LogP contribution is -2.27. The van der Waals surface area contributed by atoms with Crippen molar-refractivity contribution >= 4 is 11.7 Å². The highest BCUT2D eigenvalue weighted by atomic mass is 16.1. The van der Waals surface area contributed by atoms with Crippen molar-refractivity contribution in [2.24, 2.45) is 11.1 Å². The summed E-state index contributed by atoms with van der Waals surface area (Å²) in [7, 11) is 0. The summed E-state index contributed by atoms with van der Waals surface area (Å²) in [6.45, 7) is 7.37. The molecule has 4 heteroatoms. The third kappa shape index (κ3) is 2.75. The first-order chi connectivity index (χ1) is 9.32. The number of nitrogens with two attached hydrogens (primary N) is 1. The van der Waals surface area contributed by atoms with Crippen LogP contribution in [0.3, 0.4) is 0 Å². The zero-order valence-electron chi connectivity index (χ0n) is 12.3. The van der Waals surface area contributed by atoms with E-state index in [1.165, 1.54) is 0 Å². The van der Waals surface area contributed by atoms with E-state index in [9.17, 15) is 9.59 Å². The number of amides is 1. The van der Waals surface area contributed by atoms with Crippen molar-refractivity contribution in [3.8, 4) is 0 Å². The number of primary amides is 1. The molecule has 0 bridgehead atoms. The predicted molar refractivity (Wildman–Crippen MR) is 79.0 cm³/mol. The van der Waals surface area contributed by atoms with Crippen molar-refractivity contribution in [3.63, 3.8) is 0 Å². The Morgan fingerprint density at radius 1 is 1.30 bits per heavy atom. The molecule has 1 saturated heterocycles. The van der Waals surface area contributed by atoms with Crippen LogP contribution in [0.25, 0.3) is 0 Å². The topological polar surface area (TPSA) is 72.2 Å². The van der Waals surface area contributed by atoms with Gasteiger partial charge in [0.15, 0.2) is 5.78 Å². The normalized spacial score (nSPS) is 19.1. The second-order valence-corrected chi connectivity index (χ2v) is 6.40. The number of nitrogens with one attached hydrogen (secondary N) is 1. The fraction of sp³-hybridized carbons (Fsp3) is 0.500. The zero-order chi connectivity index (χ0) is 14.9. The fourth-order valence-electron chi connectivity index (χ4n) is 2.66. The molecule has 1 aliphatic heterocycles. The quantitative estimate of drug-likeness (QED) is 0.829. The van der Waals surface area contributed by atoms with Gasteiger partial charge in [-0.15, -0.1) is 0 Å². The summed E-state index contributed by atoms with van der Waals surface area (Å²) in [5, 5.41) is 3.30. The minimum absolute atomic E-state index is 0.0196. The molecule has 1 heterocycles. The number of Topliss-reactive ketones (excluding diaryl/α,β-unsaturated/α-hetero) is 1. The summed E-state index contributed by atoms with van der Waals surface area (Å²) in [5.41, 5.74) is 6.73. The van der Waals surface area contributed by atoms with Gasteiger partial charge in [0.1, 0.15) is 0 Å². The van der Waals surface area contributed by atoms with Crippen LogP contribution in [0.5, 0.6) is 0 Å². The van der Waals surface area contributed by atoms with Crippen LogP contribution in [-0.2, 0) is 0 Å². The SMILES string of the molecule is CC(C)(C)C(=O)c1c(C(N)=O)cccc1C1CCNC1. The van der Waals surface area contributed by atoms with Crippen LogP contribution in [0.1, 0.15) is 59.4 Å². The maximum absolute atomic E-state index is 12.7. The lowest BCUT2D eigenvalue weighted by Gasteiger charge is -2.23. The molecule has 1 fully saturated rings. The Balaban J connectivity index is 2.59. The van der Waals surface area contributed by atoms with E-state index in [2.05, 4.69) is 5.32 Å². The molecule has 3 N–H and O–H groups in total. The van der Waals surface area contributed by atoms with E-state index in [4.69, 9.17) is 5.73 Å². The molecule has 2 rings (SSSR count). The highest BCUT2D eigenvalue weighted by Gasteiger charge is 2.31. The number of carbonyl (C=O) groups is 2. The number of carbonyl (C=O) groups excluding carboxylic acids is 2. The Bertz CT molecular complexity index is 538. The van der Waals surface area contributed by atoms with Gasteiger partial charge in [0, 0.05) is 17.5 Å². The molecule has 1 amide bonds. The van der Waals surface area contributed by atoms with Crippen molar-refractivity contribution in [2.45, 2.75) is 33.1 Å². The van der Waals surface area contributed by atoms with E-state index in [1.807, 2.05) is 32.9 Å². The van der Waals surface area contributed by atoms with Crippen LogP contribution in [0.15, 0.2) is 18.2 Å². The first-order valence-corrected chi connectivity index (χ1v) is 7.00. The van der Waals surface area contributed by atoms with Crippen molar-refractivity contribution in [1.82, 2.24) is 5.32 Å². The van der Waals surface area contributed by atoms with Crippen LogP contribution in [-0.4, -0.2) is 24.8 Å². The van der Waals surface area contributed by atoms with Gasteiger partial charge < -0.3 is 11.1 Å². The highest BCUT2D eigenvalue weighted by molar-refractivity contribution is 6.10. The summed E-state index contributed by atoms with van der Waals surface area (Å²) in [6, 6.07) is 5.41. The van der Waals surface area contributed by atoms with Gasteiger partial charge in [-0.25, -0.2) is 0 Å². The molecule has 0 saturated carbocycles. The van der Waals surface area contributed by atoms with E-state index in [-0.39, 0.29) is 11.7 Å². The predicted octanol–water partition coefficient (Wildman–Crippen LogP) is 2.09. The molecule has 1 unspecified atom stereocenters. The smallest absolute Gasteiger partial charge is 0.249 e. The van der Waals surface area contributed by atoms with Crippen LogP contribution in [0, 0.1) is 5.41 Å². The largest absolute Gasteiger partial charge is 0.366 e. The number of hydrogen-bond donors (Lipinski definition) is 2. The first-order valence-electron chi connectivity index (χ1n) is 7.00. The minimum Gasteiger partial charge on any atom is -0.366 e. The average molecular weight is 274 g/mol. The van der Waals surface area contributed by atoms with Gasteiger partial charge in [-0.1, -0.05) is 32.9 Å². The monoisotopic (exact) mass is 274 g/mol. The Hall–Kier alpha value is -1.68. The zero-order valence-corrected chi connectivity index (χ0v) is 12.3.